The van der Waals surface area contributed by atoms with Gasteiger partial charge in [0.2, 0.25) is 0 Å². The number of nitrogens with zero attached hydrogens (tertiary/aromatic N) is 4. The summed E-state index contributed by atoms with van der Waals surface area (Å²) in [5.41, 5.74) is 0.806. The second kappa shape index (κ2) is 4.89. The molecule has 3 fully saturated rings. The Bertz CT molecular complexity index is 783. The van der Waals surface area contributed by atoms with Crippen molar-refractivity contribution < 1.29 is 4.74 Å². The average Bonchev–Trinajstić information content (AvgIpc) is 2.98. The molecule has 1 atom stereocenters. The summed E-state index contributed by atoms with van der Waals surface area (Å²) in [4.78, 5) is 15.8. The number of aliphatic imine (C=N–C) groups is 1. The van der Waals surface area contributed by atoms with Crippen molar-refractivity contribution in [3.8, 4) is 0 Å². The van der Waals surface area contributed by atoms with Crippen molar-refractivity contribution in [1.82, 2.24) is 14.9 Å². The Morgan fingerprint density at radius 3 is 2.96 bits per heavy atom. The van der Waals surface area contributed by atoms with E-state index in [9.17, 15) is 0 Å². The third-order valence-corrected chi connectivity index (χ3v) is 5.34. The van der Waals surface area contributed by atoms with Crippen LogP contribution < -0.4 is 5.32 Å². The van der Waals surface area contributed by atoms with Gasteiger partial charge < -0.3 is 4.74 Å². The number of rotatable bonds is 1. The highest BCUT2D eigenvalue weighted by molar-refractivity contribution is 5.91. The summed E-state index contributed by atoms with van der Waals surface area (Å²) in [5, 5.41) is 4.27. The Morgan fingerprint density at radius 2 is 2.13 bits per heavy atom. The Hall–Kier alpha value is -2.21. The number of hydrogen-bond donors (Lipinski definition) is 1. The van der Waals surface area contributed by atoms with Crippen LogP contribution in [0.4, 0.5) is 5.82 Å². The van der Waals surface area contributed by atoms with E-state index in [-0.39, 0.29) is 5.60 Å². The summed E-state index contributed by atoms with van der Waals surface area (Å²) in [6, 6.07) is 6.47. The molecular weight excluding hydrogens is 290 g/mol. The fourth-order valence-electron chi connectivity index (χ4n) is 4.09. The van der Waals surface area contributed by atoms with Crippen LogP contribution in [0, 0.1) is 5.92 Å². The summed E-state index contributed by atoms with van der Waals surface area (Å²) < 4.78 is 6.28. The molecule has 6 rings (SSSR count). The normalized spacial score (nSPS) is 32.1. The second-order valence-electron chi connectivity index (χ2n) is 6.73. The van der Waals surface area contributed by atoms with Crippen LogP contribution >= 0.6 is 0 Å². The van der Waals surface area contributed by atoms with E-state index >= 15 is 0 Å². The van der Waals surface area contributed by atoms with Crippen LogP contribution in [0.5, 0.6) is 0 Å². The smallest absolute Gasteiger partial charge is 0.291 e. The molecule has 3 saturated heterocycles. The Balaban J connectivity index is 1.35. The molecule has 6 nitrogen and oxygen atoms in total. The van der Waals surface area contributed by atoms with Gasteiger partial charge in [0.1, 0.15) is 11.4 Å². The van der Waals surface area contributed by atoms with Gasteiger partial charge in [-0.25, -0.2) is 9.98 Å². The molecule has 0 radical (unpaired) electrons. The number of piperidine rings is 3. The maximum atomic E-state index is 6.28. The first-order valence-corrected chi connectivity index (χ1v) is 8.24. The Morgan fingerprint density at radius 1 is 1.22 bits per heavy atom. The molecule has 1 spiro atoms. The first-order chi connectivity index (χ1) is 11.3. The van der Waals surface area contributed by atoms with Gasteiger partial charge in [-0.05, 0) is 44.1 Å². The van der Waals surface area contributed by atoms with Crippen molar-refractivity contribution in [2.75, 3.05) is 31.5 Å². The van der Waals surface area contributed by atoms with Gasteiger partial charge in [-0.3, -0.25) is 15.2 Å². The van der Waals surface area contributed by atoms with Gasteiger partial charge in [0.15, 0.2) is 0 Å². The molecule has 0 unspecified atom stereocenters. The molecule has 4 aliphatic rings. The van der Waals surface area contributed by atoms with Crippen molar-refractivity contribution in [1.29, 1.82) is 0 Å². The lowest BCUT2D eigenvalue weighted by molar-refractivity contribution is -0.0829. The number of ether oxygens (including phenoxy) is 1. The predicted octanol–water partition coefficient (Wildman–Crippen LogP) is 1.89. The lowest BCUT2D eigenvalue weighted by Gasteiger charge is -2.50. The van der Waals surface area contributed by atoms with Crippen molar-refractivity contribution in [3.05, 3.63) is 30.6 Å². The third-order valence-electron chi connectivity index (χ3n) is 5.34. The van der Waals surface area contributed by atoms with Crippen LogP contribution in [0.2, 0.25) is 0 Å². The fraction of sp³-hybridized carbons (Fsp3) is 0.471. The zero-order valence-electron chi connectivity index (χ0n) is 12.9. The molecule has 2 aromatic heterocycles. The quantitative estimate of drug-likeness (QED) is 0.871. The molecule has 2 bridgehead atoms. The first-order valence-electron chi connectivity index (χ1n) is 8.24. The maximum absolute atomic E-state index is 6.28. The molecule has 6 heteroatoms. The Labute approximate surface area is 134 Å². The van der Waals surface area contributed by atoms with E-state index in [0.29, 0.717) is 11.9 Å². The number of fused-ring (bicyclic) bond motifs is 3. The molecule has 4 aliphatic heterocycles. The largest absolute Gasteiger partial charge is 0.455 e. The van der Waals surface area contributed by atoms with Gasteiger partial charge in [0.25, 0.3) is 6.02 Å². The van der Waals surface area contributed by atoms with Gasteiger partial charge in [0, 0.05) is 30.2 Å². The highest BCUT2D eigenvalue weighted by Gasteiger charge is 2.51. The second-order valence-corrected chi connectivity index (χ2v) is 6.73. The fourth-order valence-corrected chi connectivity index (χ4v) is 4.09. The minimum atomic E-state index is -0.112. The number of anilines is 1. The van der Waals surface area contributed by atoms with Gasteiger partial charge >= 0.3 is 0 Å². The molecule has 23 heavy (non-hydrogen) atoms. The zero-order valence-corrected chi connectivity index (χ0v) is 12.9. The van der Waals surface area contributed by atoms with Gasteiger partial charge in [0.05, 0.1) is 12.1 Å². The zero-order chi connectivity index (χ0) is 15.3. The van der Waals surface area contributed by atoms with E-state index in [2.05, 4.69) is 25.2 Å². The maximum Gasteiger partial charge on any atom is 0.291 e. The van der Waals surface area contributed by atoms with Crippen molar-refractivity contribution in [3.63, 3.8) is 0 Å². The molecule has 1 N–H and O–H groups in total. The molecule has 118 valence electrons. The summed E-state index contributed by atoms with van der Waals surface area (Å²) in [5.74, 6) is 1.40. The van der Waals surface area contributed by atoms with Crippen LogP contribution in [0.15, 0.2) is 35.6 Å². The molecular formula is C17H19N5O. The van der Waals surface area contributed by atoms with Crippen LogP contribution in [-0.2, 0) is 4.74 Å². The number of nitrogens with one attached hydrogen (secondary N) is 1. The monoisotopic (exact) mass is 309 g/mol. The molecule has 6 heterocycles. The minimum Gasteiger partial charge on any atom is -0.455 e. The lowest BCUT2D eigenvalue weighted by atomic mass is 9.75. The van der Waals surface area contributed by atoms with Crippen LogP contribution in [-0.4, -0.2) is 52.7 Å². The average molecular weight is 309 g/mol. The van der Waals surface area contributed by atoms with Gasteiger partial charge in [-0.2, -0.15) is 0 Å². The van der Waals surface area contributed by atoms with Crippen LogP contribution in [0.3, 0.4) is 0 Å². The molecule has 0 aromatic carbocycles. The topological polar surface area (TPSA) is 62.6 Å². The molecule has 0 amide bonds. The molecule has 0 aliphatic carbocycles. The summed E-state index contributed by atoms with van der Waals surface area (Å²) >= 11 is 0. The van der Waals surface area contributed by atoms with E-state index in [1.54, 1.807) is 6.20 Å². The molecule has 0 saturated carbocycles. The highest BCUT2D eigenvalue weighted by atomic mass is 16.5. The summed E-state index contributed by atoms with van der Waals surface area (Å²) in [6.45, 7) is 4.18. The van der Waals surface area contributed by atoms with E-state index in [1.165, 1.54) is 25.9 Å². The standard InChI is InChI=1S/C17H19N5O/c1-2-15(20-14-3-6-18-9-12(1)14)21-16-19-10-17(23-16)11-22-7-4-13(17)5-8-22/h1-3,6,9,13H,4-5,7-8,10-11H2,(H,19,20,21)/t17-/m0/s1. The van der Waals surface area contributed by atoms with E-state index in [1.807, 2.05) is 24.4 Å². The van der Waals surface area contributed by atoms with E-state index in [0.717, 1.165) is 29.8 Å². The summed E-state index contributed by atoms with van der Waals surface area (Å²) in [6.07, 6.45) is 6.02. The van der Waals surface area contributed by atoms with Crippen molar-refractivity contribution >= 4 is 22.7 Å². The van der Waals surface area contributed by atoms with Gasteiger partial charge in [-0.1, -0.05) is 0 Å². The summed E-state index contributed by atoms with van der Waals surface area (Å²) in [7, 11) is 0. The lowest BCUT2D eigenvalue weighted by Crippen LogP contribution is -2.61. The number of aromatic nitrogens is 2. The number of amidine groups is 1. The Kier molecular flexibility index (Phi) is 2.82. The SMILES string of the molecule is c1cc2nc(NC3=NC[C@@]4(CN5CCC4CC5)O3)ccc2cn1. The molecule has 2 aromatic rings. The van der Waals surface area contributed by atoms with Crippen molar-refractivity contribution in [2.45, 2.75) is 18.4 Å². The van der Waals surface area contributed by atoms with Gasteiger partial charge in [-0.15, -0.1) is 0 Å². The number of hydrogen-bond acceptors (Lipinski definition) is 6. The minimum absolute atomic E-state index is 0.112. The first kappa shape index (κ1) is 13.2. The van der Waals surface area contributed by atoms with Crippen LogP contribution in [0.1, 0.15) is 12.8 Å². The van der Waals surface area contributed by atoms with Crippen LogP contribution in [0.25, 0.3) is 10.9 Å². The highest BCUT2D eigenvalue weighted by Crippen LogP contribution is 2.40. The number of pyridine rings is 2. The predicted molar refractivity (Wildman–Crippen MR) is 88.4 cm³/mol. The van der Waals surface area contributed by atoms with Crippen molar-refractivity contribution in [2.24, 2.45) is 10.9 Å². The third kappa shape index (κ3) is 2.16. The van der Waals surface area contributed by atoms with E-state index in [4.69, 9.17) is 4.74 Å². The van der Waals surface area contributed by atoms with E-state index < -0.39 is 0 Å².